The number of piperidine rings is 1. The maximum Gasteiger partial charge on any atom is 0.306 e. The second-order valence-electron chi connectivity index (χ2n) is 10.2. The van der Waals surface area contributed by atoms with E-state index in [2.05, 4.69) is 15.3 Å². The van der Waals surface area contributed by atoms with Gasteiger partial charge in [0, 0.05) is 42.0 Å². The highest BCUT2D eigenvalue weighted by Gasteiger charge is 2.25. The van der Waals surface area contributed by atoms with Crippen molar-refractivity contribution in [3.8, 4) is 28.3 Å². The van der Waals surface area contributed by atoms with Gasteiger partial charge in [0.25, 0.3) is 11.5 Å². The Hall–Kier alpha value is -4.25. The molecule has 0 aliphatic carbocycles. The van der Waals surface area contributed by atoms with Gasteiger partial charge in [0.05, 0.1) is 34.5 Å². The second kappa shape index (κ2) is 12.9. The number of halogens is 2. The lowest BCUT2D eigenvalue weighted by atomic mass is 9.97. The summed E-state index contributed by atoms with van der Waals surface area (Å²) < 4.78 is 6.70. The van der Waals surface area contributed by atoms with Gasteiger partial charge in [0.2, 0.25) is 5.88 Å². The van der Waals surface area contributed by atoms with Crippen molar-refractivity contribution in [2.24, 2.45) is 13.0 Å². The number of amides is 1. The van der Waals surface area contributed by atoms with Crippen molar-refractivity contribution in [2.75, 3.05) is 25.5 Å². The average molecular weight is 623 g/mol. The Bertz CT molecular complexity index is 1750. The number of carbonyl (C=O) groups is 2. The Labute approximate surface area is 257 Å². The standard InChI is InChI=1S/C31H29Cl2N5O5/c1-37-30(40)23(11-14-34-37)28(39)35-25-8-4-6-21(27(25)33)20-5-3-7-22(26(20)32)24-10-9-19(29(36-24)43-2)17-38-15-12-18(13-16-38)31(41)42/h3-11,14,18H,12-13,15-17H2,1-2H3,(H,35,39)(H,41,42). The van der Waals surface area contributed by atoms with E-state index in [1.165, 1.54) is 19.3 Å². The first-order valence-corrected chi connectivity index (χ1v) is 14.3. The van der Waals surface area contributed by atoms with Crippen LogP contribution in [-0.2, 0) is 18.4 Å². The summed E-state index contributed by atoms with van der Waals surface area (Å²) in [5, 5.41) is 16.5. The van der Waals surface area contributed by atoms with Crippen LogP contribution in [0.5, 0.6) is 5.88 Å². The Morgan fingerprint density at radius 1 is 1.00 bits per heavy atom. The van der Waals surface area contributed by atoms with Gasteiger partial charge in [0.15, 0.2) is 0 Å². The van der Waals surface area contributed by atoms with Crippen LogP contribution in [0.1, 0.15) is 28.8 Å². The van der Waals surface area contributed by atoms with Crippen LogP contribution in [-0.4, -0.2) is 56.8 Å². The minimum atomic E-state index is -0.739. The lowest BCUT2D eigenvalue weighted by Crippen LogP contribution is -2.35. The fourth-order valence-electron chi connectivity index (χ4n) is 5.14. The van der Waals surface area contributed by atoms with E-state index in [0.29, 0.717) is 71.5 Å². The number of hydrogen-bond donors (Lipinski definition) is 2. The molecule has 10 nitrogen and oxygen atoms in total. The number of likely N-dealkylation sites (tertiary alicyclic amines) is 1. The lowest BCUT2D eigenvalue weighted by Gasteiger charge is -2.30. The van der Waals surface area contributed by atoms with E-state index in [1.54, 1.807) is 25.3 Å². The van der Waals surface area contributed by atoms with E-state index in [9.17, 15) is 19.5 Å². The van der Waals surface area contributed by atoms with Gasteiger partial charge in [-0.3, -0.25) is 19.3 Å². The van der Waals surface area contributed by atoms with Crippen molar-refractivity contribution >= 4 is 40.8 Å². The first kappa shape index (κ1) is 30.2. The van der Waals surface area contributed by atoms with Gasteiger partial charge in [-0.1, -0.05) is 59.6 Å². The Kier molecular flexibility index (Phi) is 9.10. The average Bonchev–Trinajstić information content (AvgIpc) is 3.00. The molecule has 0 spiro atoms. The highest BCUT2D eigenvalue weighted by Crippen LogP contribution is 2.41. The molecule has 0 unspecified atom stereocenters. The van der Waals surface area contributed by atoms with Crippen LogP contribution in [0.25, 0.3) is 22.4 Å². The maximum atomic E-state index is 12.9. The number of aromatic nitrogens is 3. The molecule has 2 aromatic heterocycles. The van der Waals surface area contributed by atoms with Crippen LogP contribution in [0.4, 0.5) is 5.69 Å². The van der Waals surface area contributed by atoms with Gasteiger partial charge in [-0.05, 0) is 44.1 Å². The van der Waals surface area contributed by atoms with Gasteiger partial charge in [-0.25, -0.2) is 9.67 Å². The molecule has 222 valence electrons. The quantitative estimate of drug-likeness (QED) is 0.269. The number of aryl methyl sites for hydroxylation is 1. The summed E-state index contributed by atoms with van der Waals surface area (Å²) in [4.78, 5) is 43.4. The van der Waals surface area contributed by atoms with Gasteiger partial charge in [0.1, 0.15) is 5.56 Å². The predicted octanol–water partition coefficient (Wildman–Crippen LogP) is 5.37. The summed E-state index contributed by atoms with van der Waals surface area (Å²) in [6.45, 7) is 1.97. The van der Waals surface area contributed by atoms with Crippen molar-refractivity contribution in [1.82, 2.24) is 19.7 Å². The van der Waals surface area contributed by atoms with Crippen molar-refractivity contribution < 1.29 is 19.4 Å². The molecular weight excluding hydrogens is 593 g/mol. The SMILES string of the molecule is COc1nc(-c2cccc(-c3cccc(NC(=O)c4ccnn(C)c4=O)c3Cl)c2Cl)ccc1CN1CCC(C(=O)O)CC1. The van der Waals surface area contributed by atoms with Crippen LogP contribution >= 0.6 is 23.2 Å². The van der Waals surface area contributed by atoms with Crippen LogP contribution in [0.3, 0.4) is 0 Å². The van der Waals surface area contributed by atoms with E-state index in [4.69, 9.17) is 32.9 Å². The molecule has 5 rings (SSSR count). The van der Waals surface area contributed by atoms with E-state index in [-0.39, 0.29) is 16.5 Å². The molecule has 2 N–H and O–H groups in total. The number of carboxylic acid groups (broad SMARTS) is 1. The van der Waals surface area contributed by atoms with E-state index in [0.717, 1.165) is 10.2 Å². The summed E-state index contributed by atoms with van der Waals surface area (Å²) >= 11 is 13.7. The van der Waals surface area contributed by atoms with E-state index >= 15 is 0 Å². The zero-order valence-corrected chi connectivity index (χ0v) is 25.0. The Morgan fingerprint density at radius 3 is 2.37 bits per heavy atom. The number of carboxylic acids is 1. The maximum absolute atomic E-state index is 12.9. The van der Waals surface area contributed by atoms with Crippen LogP contribution in [0.15, 0.2) is 65.6 Å². The van der Waals surface area contributed by atoms with Gasteiger partial charge in [-0.2, -0.15) is 5.10 Å². The third-order valence-electron chi connectivity index (χ3n) is 7.52. The topological polar surface area (TPSA) is 127 Å². The molecule has 1 aliphatic heterocycles. The van der Waals surface area contributed by atoms with Gasteiger partial charge >= 0.3 is 5.97 Å². The van der Waals surface area contributed by atoms with Gasteiger partial charge < -0.3 is 15.2 Å². The third-order valence-corrected chi connectivity index (χ3v) is 8.34. The molecule has 4 aromatic rings. The zero-order valence-electron chi connectivity index (χ0n) is 23.5. The Balaban J connectivity index is 1.40. The summed E-state index contributed by atoms with van der Waals surface area (Å²) in [5.74, 6) is -1.18. The number of pyridine rings is 1. The highest BCUT2D eigenvalue weighted by atomic mass is 35.5. The summed E-state index contributed by atoms with van der Waals surface area (Å²) in [7, 11) is 3.03. The zero-order chi connectivity index (χ0) is 30.7. The van der Waals surface area contributed by atoms with Crippen molar-refractivity contribution in [3.63, 3.8) is 0 Å². The molecule has 12 heteroatoms. The summed E-state index contributed by atoms with van der Waals surface area (Å²) in [6.07, 6.45) is 2.60. The number of aliphatic carboxylic acids is 1. The van der Waals surface area contributed by atoms with Gasteiger partial charge in [-0.15, -0.1) is 0 Å². The van der Waals surface area contributed by atoms with Crippen molar-refractivity contribution in [3.05, 3.63) is 92.3 Å². The fraction of sp³-hybridized carbons (Fsp3) is 0.258. The molecular formula is C31H29Cl2N5O5. The third kappa shape index (κ3) is 6.41. The minimum Gasteiger partial charge on any atom is -0.481 e. The molecule has 3 heterocycles. The smallest absolute Gasteiger partial charge is 0.306 e. The largest absolute Gasteiger partial charge is 0.481 e. The lowest BCUT2D eigenvalue weighted by molar-refractivity contribution is -0.143. The molecule has 43 heavy (non-hydrogen) atoms. The van der Waals surface area contributed by atoms with Crippen molar-refractivity contribution in [2.45, 2.75) is 19.4 Å². The highest BCUT2D eigenvalue weighted by molar-refractivity contribution is 6.39. The molecule has 0 bridgehead atoms. The number of nitrogens with one attached hydrogen (secondary N) is 1. The monoisotopic (exact) mass is 621 g/mol. The normalized spacial score (nSPS) is 14.0. The number of anilines is 1. The van der Waals surface area contributed by atoms with Crippen LogP contribution < -0.4 is 15.6 Å². The minimum absolute atomic E-state index is 0.0628. The number of carbonyl (C=O) groups excluding carboxylic acids is 1. The summed E-state index contributed by atoms with van der Waals surface area (Å²) in [5.41, 5.74) is 3.10. The van der Waals surface area contributed by atoms with Crippen LogP contribution in [0, 0.1) is 5.92 Å². The number of benzene rings is 2. The first-order chi connectivity index (χ1) is 20.7. The fourth-order valence-corrected chi connectivity index (χ4v) is 5.74. The predicted molar refractivity (Wildman–Crippen MR) is 165 cm³/mol. The summed E-state index contributed by atoms with van der Waals surface area (Å²) in [6, 6.07) is 15.9. The number of nitrogens with zero attached hydrogens (tertiary/aromatic N) is 4. The molecule has 0 saturated carbocycles. The molecule has 0 atom stereocenters. The van der Waals surface area contributed by atoms with Crippen molar-refractivity contribution in [1.29, 1.82) is 0 Å². The van der Waals surface area contributed by atoms with E-state index < -0.39 is 17.4 Å². The second-order valence-corrected chi connectivity index (χ2v) is 11.0. The van der Waals surface area contributed by atoms with Crippen LogP contribution in [0.2, 0.25) is 10.0 Å². The molecule has 2 aromatic carbocycles. The molecule has 1 amide bonds. The molecule has 1 aliphatic rings. The molecule has 1 saturated heterocycles. The van der Waals surface area contributed by atoms with E-state index in [1.807, 2.05) is 30.3 Å². The number of hydrogen-bond acceptors (Lipinski definition) is 7. The number of rotatable bonds is 8. The number of ether oxygens (including phenoxy) is 1. The molecule has 0 radical (unpaired) electrons. The first-order valence-electron chi connectivity index (χ1n) is 13.6. The number of methoxy groups -OCH3 is 1. The Morgan fingerprint density at radius 2 is 1.67 bits per heavy atom. The molecule has 1 fully saturated rings.